The minimum absolute atomic E-state index is 0.0224. The van der Waals surface area contributed by atoms with E-state index in [0.29, 0.717) is 24.7 Å². The number of hydrogen-bond acceptors (Lipinski definition) is 4. The van der Waals surface area contributed by atoms with Gasteiger partial charge in [-0.25, -0.2) is 0 Å². The number of hydrogen-bond donors (Lipinski definition) is 7. The summed E-state index contributed by atoms with van der Waals surface area (Å²) >= 11 is 0. The van der Waals surface area contributed by atoms with Crippen molar-refractivity contribution in [2.45, 2.75) is 106 Å². The minimum atomic E-state index is -1.44. The van der Waals surface area contributed by atoms with Gasteiger partial charge in [0.25, 0.3) is 0 Å². The van der Waals surface area contributed by atoms with Crippen LogP contribution in [0.25, 0.3) is 10.9 Å². The van der Waals surface area contributed by atoms with Crippen molar-refractivity contribution >= 4 is 16.9 Å². The van der Waals surface area contributed by atoms with Gasteiger partial charge in [-0.15, -0.1) is 0 Å². The van der Waals surface area contributed by atoms with Crippen LogP contribution in [-0.4, -0.2) is 61.6 Å². The summed E-state index contributed by atoms with van der Waals surface area (Å²) in [5.74, 6) is 8.88. The van der Waals surface area contributed by atoms with Crippen LogP contribution in [0.15, 0.2) is 77.0 Å². The van der Waals surface area contributed by atoms with E-state index in [1.54, 1.807) is 18.2 Å². The van der Waals surface area contributed by atoms with Gasteiger partial charge >= 0.3 is 0 Å². The van der Waals surface area contributed by atoms with Gasteiger partial charge in [0.2, 0.25) is 0 Å². The van der Waals surface area contributed by atoms with Crippen LogP contribution >= 0.6 is 0 Å². The first-order valence-electron chi connectivity index (χ1n) is 20.9. The number of guanidine groups is 1. The number of nitrogens with two attached hydrogens (primary N) is 1. The number of aromatic amines is 2. The number of H-pyrrole nitrogens is 2. The number of rotatable bonds is 4. The molecule has 1 aromatic carbocycles. The Bertz CT molecular complexity index is 2120. The number of para-hydroxylation sites is 1. The second-order valence-corrected chi connectivity index (χ2v) is 18.9. The van der Waals surface area contributed by atoms with Crippen LogP contribution in [0.2, 0.25) is 0 Å². The van der Waals surface area contributed by atoms with Crippen molar-refractivity contribution in [2.75, 3.05) is 7.05 Å². The number of nitrogens with one attached hydrogen (secondary N) is 3. The predicted molar refractivity (Wildman–Crippen MR) is 210 cm³/mol. The second-order valence-electron chi connectivity index (χ2n) is 18.9. The lowest BCUT2D eigenvalue weighted by atomic mass is 9.40. The van der Waals surface area contributed by atoms with Gasteiger partial charge < -0.3 is 36.3 Å². The topological polar surface area (TPSA) is 143 Å². The molecule has 0 radical (unpaired) electrons. The van der Waals surface area contributed by atoms with E-state index < -0.39 is 28.8 Å². The number of nitrogens with zero attached hydrogens (tertiary/aromatic N) is 1. The summed E-state index contributed by atoms with van der Waals surface area (Å²) < 4.78 is 0. The Hall–Kier alpha value is -3.77. The number of aliphatic hydroxyl groups excluding tert-OH is 1. The van der Waals surface area contributed by atoms with Gasteiger partial charge in [0, 0.05) is 60.2 Å². The Morgan fingerprint density at radius 2 is 1.87 bits per heavy atom. The van der Waals surface area contributed by atoms with Crippen LogP contribution < -0.4 is 11.1 Å². The molecular formula is C46H55N5O3. The number of aliphatic hydroxyl groups is 3. The molecular weight excluding hydrogens is 671 g/mol. The monoisotopic (exact) mass is 725 g/mol. The zero-order valence-corrected chi connectivity index (χ0v) is 31.4. The molecule has 2 spiro atoms. The van der Waals surface area contributed by atoms with Crippen molar-refractivity contribution in [1.29, 1.82) is 0 Å². The van der Waals surface area contributed by atoms with Gasteiger partial charge in [-0.3, -0.25) is 4.99 Å². The largest absolute Gasteiger partial charge is 0.390 e. The molecule has 8 aliphatic carbocycles. The molecule has 0 aliphatic heterocycles. The average molecular weight is 726 g/mol. The van der Waals surface area contributed by atoms with E-state index in [1.807, 2.05) is 0 Å². The van der Waals surface area contributed by atoms with Crippen molar-refractivity contribution in [1.82, 2.24) is 15.3 Å². The normalized spacial score (nSPS) is 45.7. The third kappa shape index (κ3) is 4.35. The number of aliphatic imine (C=N–C) groups is 1. The highest BCUT2D eigenvalue weighted by atomic mass is 16.3. The first kappa shape index (κ1) is 33.6. The molecule has 5 saturated carbocycles. The molecule has 0 amide bonds. The van der Waals surface area contributed by atoms with E-state index >= 15 is 0 Å². The van der Waals surface area contributed by atoms with E-state index in [0.717, 1.165) is 44.0 Å². The van der Waals surface area contributed by atoms with Crippen LogP contribution in [-0.2, 0) is 6.42 Å². The van der Waals surface area contributed by atoms with Gasteiger partial charge in [0.15, 0.2) is 5.96 Å². The smallest absolute Gasteiger partial charge is 0.189 e. The maximum Gasteiger partial charge on any atom is 0.189 e. The molecule has 14 unspecified atom stereocenters. The molecule has 282 valence electrons. The Morgan fingerprint density at radius 1 is 1.00 bits per heavy atom. The number of fused-ring (bicyclic) bond motifs is 3. The maximum absolute atomic E-state index is 13.3. The molecule has 8 heteroatoms. The van der Waals surface area contributed by atoms with E-state index in [1.165, 1.54) is 36.0 Å². The van der Waals surface area contributed by atoms with Crippen LogP contribution in [0, 0.1) is 64.1 Å². The van der Waals surface area contributed by atoms with Gasteiger partial charge in [-0.1, -0.05) is 53.3 Å². The molecule has 54 heavy (non-hydrogen) atoms. The zero-order chi connectivity index (χ0) is 36.6. The maximum atomic E-state index is 13.3. The van der Waals surface area contributed by atoms with Crippen LogP contribution in [0.4, 0.5) is 0 Å². The molecule has 0 saturated heterocycles. The van der Waals surface area contributed by atoms with E-state index in [9.17, 15) is 15.3 Å². The summed E-state index contributed by atoms with van der Waals surface area (Å²) in [5.41, 5.74) is 10.5. The molecule has 11 rings (SSSR count). The van der Waals surface area contributed by atoms with Gasteiger partial charge in [0.1, 0.15) is 0 Å². The third-order valence-corrected chi connectivity index (χ3v) is 17.1. The lowest BCUT2D eigenvalue weighted by molar-refractivity contribution is -0.134. The Kier molecular flexibility index (Phi) is 7.23. The Labute approximate surface area is 318 Å². The number of benzene rings is 1. The van der Waals surface area contributed by atoms with E-state index in [-0.39, 0.29) is 53.3 Å². The zero-order valence-electron chi connectivity index (χ0n) is 31.4. The van der Waals surface area contributed by atoms with E-state index in [4.69, 9.17) is 5.73 Å². The SMILES string of the molecule is CN=C(N)NC1C#CC2CC34CCC(C3)C(c3ccc[nH]3)CCC4=C(Cc3cc4ccccc4[nH]3)C23C2C=CCC4(O)C5CC(O)C(O)(C1)C5C3CCC24. The summed E-state index contributed by atoms with van der Waals surface area (Å²) in [6.07, 6.45) is 16.6. The third-order valence-electron chi connectivity index (χ3n) is 17.1. The average Bonchev–Trinajstić information content (AvgIpc) is 3.94. The van der Waals surface area contributed by atoms with Gasteiger partial charge in [0.05, 0.1) is 23.3 Å². The van der Waals surface area contributed by atoms with Crippen LogP contribution in [0.1, 0.15) is 87.9 Å². The lowest BCUT2D eigenvalue weighted by Gasteiger charge is -2.63. The fourth-order valence-electron chi connectivity index (χ4n) is 15.3. The summed E-state index contributed by atoms with van der Waals surface area (Å²) in [6, 6.07) is 15.0. The first-order chi connectivity index (χ1) is 26.2. The number of aromatic nitrogens is 2. The highest BCUT2D eigenvalue weighted by molar-refractivity contribution is 5.80. The molecule has 8 bridgehead atoms. The molecule has 8 nitrogen and oxygen atoms in total. The molecule has 2 aromatic heterocycles. The molecule has 8 aliphatic rings. The molecule has 3 aromatic rings. The first-order valence-corrected chi connectivity index (χ1v) is 20.9. The van der Waals surface area contributed by atoms with Gasteiger partial charge in [-0.05, 0) is 135 Å². The Balaban J connectivity index is 1.20. The van der Waals surface area contributed by atoms with E-state index in [2.05, 4.69) is 92.9 Å². The molecule has 2 heterocycles. The summed E-state index contributed by atoms with van der Waals surface area (Å²) in [5, 5.41) is 43.2. The predicted octanol–water partition coefficient (Wildman–Crippen LogP) is 6.09. The minimum Gasteiger partial charge on any atom is -0.390 e. The summed E-state index contributed by atoms with van der Waals surface area (Å²) in [6.45, 7) is 0. The fraction of sp³-hybridized carbons (Fsp3) is 0.587. The van der Waals surface area contributed by atoms with Gasteiger partial charge in [-0.2, -0.15) is 0 Å². The lowest BCUT2D eigenvalue weighted by Crippen LogP contribution is -2.60. The second kappa shape index (κ2) is 11.6. The summed E-state index contributed by atoms with van der Waals surface area (Å²) in [7, 11) is 1.67. The van der Waals surface area contributed by atoms with Crippen molar-refractivity contribution in [2.24, 2.45) is 63.0 Å². The highest BCUT2D eigenvalue weighted by Crippen LogP contribution is 2.77. The fourth-order valence-corrected chi connectivity index (χ4v) is 15.3. The standard InChI is InChI=1S/C46H55N5O3/c1-48-42(47)51-29-11-10-28-24-43-18-16-27(23-43)31(39-9-5-19-49-39)12-13-32(43)36(21-30-20-26-6-2-3-8-38(26)50-30)46(28)34-7-4-17-44(53)33(34)14-15-35(46)41-37(44)22-40(52)45(41,54)25-29/h2-9,19-20,27-29,31,33-35,37,40-41,49-50,52-54H,12-18,21-25H2,1H3,(H3,47,48,51). The molecule has 5 fully saturated rings. The highest BCUT2D eigenvalue weighted by Gasteiger charge is 2.76. The molecule has 8 N–H and O–H groups in total. The van der Waals surface area contributed by atoms with Crippen molar-refractivity contribution < 1.29 is 15.3 Å². The van der Waals surface area contributed by atoms with Crippen LogP contribution in [0.5, 0.6) is 0 Å². The van der Waals surface area contributed by atoms with Crippen molar-refractivity contribution in [3.05, 3.63) is 83.3 Å². The quantitative estimate of drug-likeness (QED) is 0.0755. The molecule has 14 atom stereocenters. The van der Waals surface area contributed by atoms with Crippen molar-refractivity contribution in [3.63, 3.8) is 0 Å². The van der Waals surface area contributed by atoms with Crippen molar-refractivity contribution in [3.8, 4) is 11.8 Å². The summed E-state index contributed by atoms with van der Waals surface area (Å²) in [4.78, 5) is 11.7. The number of allylic oxidation sites excluding steroid dienone is 3. The Morgan fingerprint density at radius 3 is 2.70 bits per heavy atom. The van der Waals surface area contributed by atoms with Crippen LogP contribution in [0.3, 0.4) is 0 Å².